The summed E-state index contributed by atoms with van der Waals surface area (Å²) in [5.41, 5.74) is 0.530. The van der Waals surface area contributed by atoms with Crippen LogP contribution in [0.1, 0.15) is 13.8 Å². The van der Waals surface area contributed by atoms with Gasteiger partial charge in [-0.2, -0.15) is 0 Å². The Balaban J connectivity index is 2.52. The normalized spacial score (nSPS) is 10.1. The lowest BCUT2D eigenvalue weighted by molar-refractivity contribution is -0.132. The highest BCUT2D eigenvalue weighted by molar-refractivity contribution is 5.91. The van der Waals surface area contributed by atoms with Crippen molar-refractivity contribution < 1.29 is 23.8 Å². The van der Waals surface area contributed by atoms with Crippen LogP contribution in [0.2, 0.25) is 0 Å². The van der Waals surface area contributed by atoms with E-state index in [9.17, 15) is 14.7 Å². The fourth-order valence-electron chi connectivity index (χ4n) is 1.59. The number of nitrogens with zero attached hydrogens (tertiary/aromatic N) is 1. The molecular formula is C13H12N2O5. The number of esters is 1. The number of carbonyl (C=O) groups excluding carboxylic acids is 2. The summed E-state index contributed by atoms with van der Waals surface area (Å²) in [6.45, 7) is 2.44. The molecule has 0 atom stereocenters. The minimum absolute atomic E-state index is 0.0763. The second kappa shape index (κ2) is 5.43. The molecule has 0 saturated carbocycles. The third-order valence-corrected chi connectivity index (χ3v) is 2.32. The number of pyridine rings is 1. The van der Waals surface area contributed by atoms with Gasteiger partial charge >= 0.3 is 5.97 Å². The van der Waals surface area contributed by atoms with E-state index in [1.165, 1.54) is 26.2 Å². The number of rotatable bonds is 3. The van der Waals surface area contributed by atoms with Crippen molar-refractivity contribution in [2.45, 2.75) is 13.8 Å². The monoisotopic (exact) mass is 276 g/mol. The molecule has 0 aliphatic heterocycles. The van der Waals surface area contributed by atoms with Crippen LogP contribution in [0.5, 0.6) is 11.5 Å². The van der Waals surface area contributed by atoms with Gasteiger partial charge < -0.3 is 14.3 Å². The molecule has 2 heterocycles. The Kier molecular flexibility index (Phi) is 3.69. The van der Waals surface area contributed by atoms with Crippen molar-refractivity contribution in [2.24, 2.45) is 0 Å². The highest BCUT2D eigenvalue weighted by Crippen LogP contribution is 2.46. The molecule has 0 aromatic carbocycles. The van der Waals surface area contributed by atoms with E-state index in [4.69, 9.17) is 9.15 Å². The van der Waals surface area contributed by atoms with Gasteiger partial charge in [0.25, 0.3) is 0 Å². The van der Waals surface area contributed by atoms with Crippen LogP contribution < -0.4 is 10.1 Å². The summed E-state index contributed by atoms with van der Waals surface area (Å²) in [6.07, 6.45) is 3.03. The Morgan fingerprint density at radius 2 is 1.95 bits per heavy atom. The molecule has 2 rings (SSSR count). The fourth-order valence-corrected chi connectivity index (χ4v) is 1.59. The third-order valence-electron chi connectivity index (χ3n) is 2.32. The largest absolute Gasteiger partial charge is 0.502 e. The van der Waals surface area contributed by atoms with Crippen LogP contribution in [0, 0.1) is 0 Å². The Morgan fingerprint density at radius 3 is 2.50 bits per heavy atom. The van der Waals surface area contributed by atoms with Gasteiger partial charge in [0.05, 0.1) is 0 Å². The molecule has 104 valence electrons. The van der Waals surface area contributed by atoms with Crippen LogP contribution >= 0.6 is 0 Å². The van der Waals surface area contributed by atoms with E-state index in [0.717, 1.165) is 0 Å². The van der Waals surface area contributed by atoms with Gasteiger partial charge in [-0.05, 0) is 12.1 Å². The average molecular weight is 276 g/mol. The topological polar surface area (TPSA) is 102 Å². The van der Waals surface area contributed by atoms with Gasteiger partial charge in [0.1, 0.15) is 0 Å². The number of carbonyl (C=O) groups is 2. The smallest absolute Gasteiger partial charge is 0.308 e. The summed E-state index contributed by atoms with van der Waals surface area (Å²) in [7, 11) is 0. The van der Waals surface area contributed by atoms with E-state index >= 15 is 0 Å². The third kappa shape index (κ3) is 2.77. The van der Waals surface area contributed by atoms with Gasteiger partial charge in [0.15, 0.2) is 5.76 Å². The molecule has 0 bridgehead atoms. The lowest BCUT2D eigenvalue weighted by Gasteiger charge is -2.01. The number of ether oxygens (including phenoxy) is 1. The minimum atomic E-state index is -0.644. The van der Waals surface area contributed by atoms with Crippen LogP contribution in [0.15, 0.2) is 28.9 Å². The maximum absolute atomic E-state index is 11.1. The summed E-state index contributed by atoms with van der Waals surface area (Å²) in [4.78, 5) is 26.0. The average Bonchev–Trinajstić information content (AvgIpc) is 2.67. The van der Waals surface area contributed by atoms with E-state index in [0.29, 0.717) is 5.56 Å². The zero-order chi connectivity index (χ0) is 14.7. The number of hydrogen-bond acceptors (Lipinski definition) is 6. The van der Waals surface area contributed by atoms with Crippen molar-refractivity contribution in [1.29, 1.82) is 0 Å². The predicted molar refractivity (Wildman–Crippen MR) is 69.2 cm³/mol. The van der Waals surface area contributed by atoms with E-state index in [1.807, 2.05) is 0 Å². The first-order chi connectivity index (χ1) is 9.49. The van der Waals surface area contributed by atoms with Gasteiger partial charge in [-0.15, -0.1) is 0 Å². The number of anilines is 1. The van der Waals surface area contributed by atoms with Crippen molar-refractivity contribution in [1.82, 2.24) is 4.98 Å². The molecule has 2 aromatic heterocycles. The van der Waals surface area contributed by atoms with E-state index in [2.05, 4.69) is 10.3 Å². The first-order valence-corrected chi connectivity index (χ1v) is 5.71. The lowest BCUT2D eigenvalue weighted by Crippen LogP contribution is -2.08. The Hall–Kier alpha value is -2.83. The molecule has 7 nitrogen and oxygen atoms in total. The molecule has 20 heavy (non-hydrogen) atoms. The van der Waals surface area contributed by atoms with Crippen molar-refractivity contribution in [3.63, 3.8) is 0 Å². The number of hydrogen-bond donors (Lipinski definition) is 2. The number of aromatic hydroxyl groups is 1. The molecule has 0 fully saturated rings. The zero-order valence-electron chi connectivity index (χ0n) is 10.8. The number of aromatic nitrogens is 1. The van der Waals surface area contributed by atoms with Crippen molar-refractivity contribution in [2.75, 3.05) is 5.32 Å². The Bertz CT molecular complexity index is 648. The lowest BCUT2D eigenvalue weighted by atomic mass is 10.2. The summed E-state index contributed by atoms with van der Waals surface area (Å²) < 4.78 is 10.2. The maximum Gasteiger partial charge on any atom is 0.308 e. The van der Waals surface area contributed by atoms with Gasteiger partial charge in [-0.25, -0.2) is 0 Å². The molecule has 0 aliphatic carbocycles. The van der Waals surface area contributed by atoms with E-state index < -0.39 is 11.9 Å². The van der Waals surface area contributed by atoms with Crippen molar-refractivity contribution >= 4 is 17.8 Å². The summed E-state index contributed by atoms with van der Waals surface area (Å²) in [5, 5.41) is 12.4. The molecule has 2 N–H and O–H groups in total. The quantitative estimate of drug-likeness (QED) is 0.830. The van der Waals surface area contributed by atoms with E-state index in [1.54, 1.807) is 12.1 Å². The van der Waals surface area contributed by atoms with Crippen LogP contribution in [-0.2, 0) is 9.59 Å². The molecule has 1 amide bonds. The van der Waals surface area contributed by atoms with Gasteiger partial charge in [0, 0.05) is 31.8 Å². The highest BCUT2D eigenvalue weighted by atomic mass is 16.6. The first kappa shape index (κ1) is 13.6. The van der Waals surface area contributed by atoms with Crippen LogP contribution in [0.4, 0.5) is 5.88 Å². The highest BCUT2D eigenvalue weighted by Gasteiger charge is 2.24. The molecule has 0 radical (unpaired) electrons. The number of nitrogens with one attached hydrogen (secondary N) is 1. The number of amides is 1. The molecule has 0 aliphatic rings. The predicted octanol–water partition coefficient (Wildman–Crippen LogP) is 1.93. The molecule has 0 unspecified atom stereocenters. The Labute approximate surface area is 114 Å². The maximum atomic E-state index is 11.1. The first-order valence-electron chi connectivity index (χ1n) is 5.71. The van der Waals surface area contributed by atoms with Crippen molar-refractivity contribution in [3.05, 3.63) is 24.5 Å². The fraction of sp³-hybridized carbons (Fsp3) is 0.154. The van der Waals surface area contributed by atoms with Crippen molar-refractivity contribution in [3.8, 4) is 22.8 Å². The van der Waals surface area contributed by atoms with Gasteiger partial charge in [-0.1, -0.05) is 0 Å². The van der Waals surface area contributed by atoms with Crippen LogP contribution in [0.3, 0.4) is 0 Å². The Morgan fingerprint density at radius 1 is 1.30 bits per heavy atom. The van der Waals surface area contributed by atoms with E-state index in [-0.39, 0.29) is 23.1 Å². The second-order valence-corrected chi connectivity index (χ2v) is 3.95. The SMILES string of the molecule is CC(=O)Nc1oc(-c2ccncc2)c(O)c1OC(C)=O. The molecule has 2 aromatic rings. The molecule has 7 heteroatoms. The summed E-state index contributed by atoms with van der Waals surface area (Å²) >= 11 is 0. The van der Waals surface area contributed by atoms with Gasteiger partial charge in [-0.3, -0.25) is 19.9 Å². The molecular weight excluding hydrogens is 264 g/mol. The number of furan rings is 1. The van der Waals surface area contributed by atoms with Crippen LogP contribution in [-0.4, -0.2) is 22.0 Å². The summed E-state index contributed by atoms with van der Waals surface area (Å²) in [6, 6.07) is 3.21. The minimum Gasteiger partial charge on any atom is -0.502 e. The van der Waals surface area contributed by atoms with Gasteiger partial charge in [0.2, 0.25) is 23.3 Å². The van der Waals surface area contributed by atoms with Crippen LogP contribution in [0.25, 0.3) is 11.3 Å². The molecule has 0 spiro atoms. The standard InChI is InChI=1S/C13H12N2O5/c1-7(16)15-13-12(19-8(2)17)10(18)11(20-13)9-3-5-14-6-4-9/h3-6,18H,1-2H3,(H,15,16). The second-order valence-electron chi connectivity index (χ2n) is 3.95. The summed E-state index contributed by atoms with van der Waals surface area (Å²) in [5.74, 6) is -1.71. The zero-order valence-corrected chi connectivity index (χ0v) is 10.8. The molecule has 0 saturated heterocycles.